The molecule has 3 heteroatoms. The first-order valence-electron chi connectivity index (χ1n) is 5.38. The fourth-order valence-corrected chi connectivity index (χ4v) is 2.38. The molecule has 1 aromatic carbocycles. The van der Waals surface area contributed by atoms with Crippen LogP contribution in [0.3, 0.4) is 0 Å². The lowest BCUT2D eigenvalue weighted by Crippen LogP contribution is -2.43. The summed E-state index contributed by atoms with van der Waals surface area (Å²) in [6.07, 6.45) is 1.21. The molecule has 1 atom stereocenters. The molecule has 0 spiro atoms. The van der Waals surface area contributed by atoms with Crippen LogP contribution in [0.4, 0.5) is 0 Å². The largest absolute Gasteiger partial charge is 0.315 e. The first-order chi connectivity index (χ1) is 7.18. The van der Waals surface area contributed by atoms with Crippen molar-refractivity contribution in [1.82, 2.24) is 10.6 Å². The quantitative estimate of drug-likeness (QED) is 0.879. The Morgan fingerprint density at radius 3 is 3.07 bits per heavy atom. The maximum Gasteiger partial charge on any atom is 0.0293 e. The van der Waals surface area contributed by atoms with Gasteiger partial charge in [0.15, 0.2) is 0 Å². The number of halogens is 1. The highest BCUT2D eigenvalue weighted by Gasteiger charge is 2.27. The lowest BCUT2D eigenvalue weighted by Gasteiger charge is -2.24. The molecule has 1 aromatic rings. The summed E-state index contributed by atoms with van der Waals surface area (Å²) in [7, 11) is 0. The summed E-state index contributed by atoms with van der Waals surface area (Å²) in [6, 6.07) is 8.46. The normalized spacial score (nSPS) is 25.7. The standard InChI is InChI=1S/C12H17BrN2/c1-12(5-6-14-9-12)15-8-10-3-2-4-11(13)7-10/h2-4,7,14-15H,5-6,8-9H2,1H3. The van der Waals surface area contributed by atoms with Gasteiger partial charge in [0.05, 0.1) is 0 Å². The van der Waals surface area contributed by atoms with Crippen LogP contribution in [0.2, 0.25) is 0 Å². The van der Waals surface area contributed by atoms with Crippen LogP contribution in [0.5, 0.6) is 0 Å². The second kappa shape index (κ2) is 4.64. The number of benzene rings is 1. The molecular weight excluding hydrogens is 252 g/mol. The van der Waals surface area contributed by atoms with Crippen molar-refractivity contribution in [3.05, 3.63) is 34.3 Å². The molecule has 0 bridgehead atoms. The second-order valence-electron chi connectivity index (χ2n) is 4.47. The minimum absolute atomic E-state index is 0.266. The van der Waals surface area contributed by atoms with E-state index in [0.29, 0.717) is 0 Å². The molecule has 1 aliphatic heterocycles. The zero-order valence-corrected chi connectivity index (χ0v) is 10.6. The van der Waals surface area contributed by atoms with Crippen LogP contribution in [0.1, 0.15) is 18.9 Å². The Bertz CT molecular complexity index is 332. The van der Waals surface area contributed by atoms with E-state index in [4.69, 9.17) is 0 Å². The van der Waals surface area contributed by atoms with Gasteiger partial charge in [0.2, 0.25) is 0 Å². The lowest BCUT2D eigenvalue weighted by atomic mass is 10.0. The van der Waals surface area contributed by atoms with Crippen LogP contribution >= 0.6 is 15.9 Å². The molecule has 1 unspecified atom stereocenters. The highest BCUT2D eigenvalue weighted by molar-refractivity contribution is 9.10. The van der Waals surface area contributed by atoms with E-state index in [2.05, 4.69) is 57.8 Å². The van der Waals surface area contributed by atoms with Crippen molar-refractivity contribution < 1.29 is 0 Å². The smallest absolute Gasteiger partial charge is 0.0293 e. The van der Waals surface area contributed by atoms with Gasteiger partial charge in [0.25, 0.3) is 0 Å². The van der Waals surface area contributed by atoms with Gasteiger partial charge >= 0.3 is 0 Å². The molecular formula is C12H17BrN2. The monoisotopic (exact) mass is 268 g/mol. The Balaban J connectivity index is 1.92. The van der Waals surface area contributed by atoms with Gasteiger partial charge in [-0.15, -0.1) is 0 Å². The van der Waals surface area contributed by atoms with E-state index in [0.717, 1.165) is 24.1 Å². The van der Waals surface area contributed by atoms with Crippen molar-refractivity contribution in [3.8, 4) is 0 Å². The molecule has 0 saturated carbocycles. The Morgan fingerprint density at radius 2 is 2.40 bits per heavy atom. The maximum atomic E-state index is 3.62. The summed E-state index contributed by atoms with van der Waals surface area (Å²) in [6.45, 7) is 5.42. The van der Waals surface area contributed by atoms with Gasteiger partial charge in [-0.05, 0) is 37.6 Å². The third kappa shape index (κ3) is 3.03. The predicted molar refractivity (Wildman–Crippen MR) is 66.9 cm³/mol. The van der Waals surface area contributed by atoms with Crippen LogP contribution in [-0.2, 0) is 6.54 Å². The van der Waals surface area contributed by atoms with Gasteiger partial charge in [0.1, 0.15) is 0 Å². The molecule has 15 heavy (non-hydrogen) atoms. The second-order valence-corrected chi connectivity index (χ2v) is 5.39. The number of rotatable bonds is 3. The molecule has 1 fully saturated rings. The van der Waals surface area contributed by atoms with Crippen molar-refractivity contribution in [2.75, 3.05) is 13.1 Å². The zero-order chi connectivity index (χ0) is 10.7. The third-order valence-corrected chi connectivity index (χ3v) is 3.47. The number of hydrogen-bond donors (Lipinski definition) is 2. The van der Waals surface area contributed by atoms with E-state index in [1.807, 2.05) is 0 Å². The molecule has 1 saturated heterocycles. The molecule has 2 rings (SSSR count). The van der Waals surface area contributed by atoms with Gasteiger partial charge < -0.3 is 10.6 Å². The van der Waals surface area contributed by atoms with Gasteiger partial charge in [-0.1, -0.05) is 28.1 Å². The third-order valence-electron chi connectivity index (χ3n) is 2.98. The minimum atomic E-state index is 0.266. The van der Waals surface area contributed by atoms with Crippen LogP contribution in [0.25, 0.3) is 0 Å². The summed E-state index contributed by atoms with van der Waals surface area (Å²) >= 11 is 3.49. The summed E-state index contributed by atoms with van der Waals surface area (Å²) in [5.74, 6) is 0. The summed E-state index contributed by atoms with van der Waals surface area (Å²) < 4.78 is 1.15. The van der Waals surface area contributed by atoms with E-state index < -0.39 is 0 Å². The highest BCUT2D eigenvalue weighted by atomic mass is 79.9. The molecule has 0 aromatic heterocycles. The Morgan fingerprint density at radius 1 is 1.53 bits per heavy atom. The van der Waals surface area contributed by atoms with Crippen LogP contribution < -0.4 is 10.6 Å². The fourth-order valence-electron chi connectivity index (χ4n) is 1.93. The number of hydrogen-bond acceptors (Lipinski definition) is 2. The molecule has 1 heterocycles. The van der Waals surface area contributed by atoms with Crippen molar-refractivity contribution in [2.24, 2.45) is 0 Å². The van der Waals surface area contributed by atoms with Crippen molar-refractivity contribution in [1.29, 1.82) is 0 Å². The highest BCUT2D eigenvalue weighted by Crippen LogP contribution is 2.16. The number of nitrogens with one attached hydrogen (secondary N) is 2. The van der Waals surface area contributed by atoms with Crippen LogP contribution in [0, 0.1) is 0 Å². The van der Waals surface area contributed by atoms with E-state index in [1.165, 1.54) is 12.0 Å². The van der Waals surface area contributed by atoms with Crippen LogP contribution in [0.15, 0.2) is 28.7 Å². The summed E-state index contributed by atoms with van der Waals surface area (Å²) in [5.41, 5.74) is 1.60. The Hall–Kier alpha value is -0.380. The maximum absolute atomic E-state index is 3.62. The van der Waals surface area contributed by atoms with E-state index in [-0.39, 0.29) is 5.54 Å². The predicted octanol–water partition coefficient (Wildman–Crippen LogP) is 2.29. The van der Waals surface area contributed by atoms with Gasteiger partial charge in [-0.3, -0.25) is 0 Å². The fraction of sp³-hybridized carbons (Fsp3) is 0.500. The molecule has 2 N–H and O–H groups in total. The molecule has 2 nitrogen and oxygen atoms in total. The zero-order valence-electron chi connectivity index (χ0n) is 9.02. The van der Waals surface area contributed by atoms with Crippen LogP contribution in [-0.4, -0.2) is 18.6 Å². The van der Waals surface area contributed by atoms with E-state index in [9.17, 15) is 0 Å². The molecule has 0 aliphatic carbocycles. The molecule has 1 aliphatic rings. The summed E-state index contributed by atoms with van der Waals surface area (Å²) in [4.78, 5) is 0. The molecule has 82 valence electrons. The van der Waals surface area contributed by atoms with Gasteiger partial charge in [0, 0.05) is 23.1 Å². The van der Waals surface area contributed by atoms with E-state index >= 15 is 0 Å². The molecule has 0 amide bonds. The van der Waals surface area contributed by atoms with Crippen molar-refractivity contribution in [3.63, 3.8) is 0 Å². The Kier molecular flexibility index (Phi) is 3.44. The Labute approximate surface area is 99.6 Å². The average Bonchev–Trinajstić information content (AvgIpc) is 2.63. The van der Waals surface area contributed by atoms with Crippen molar-refractivity contribution in [2.45, 2.75) is 25.4 Å². The first-order valence-corrected chi connectivity index (χ1v) is 6.17. The van der Waals surface area contributed by atoms with Crippen molar-refractivity contribution >= 4 is 15.9 Å². The lowest BCUT2D eigenvalue weighted by molar-refractivity contribution is 0.386. The van der Waals surface area contributed by atoms with E-state index in [1.54, 1.807) is 0 Å². The minimum Gasteiger partial charge on any atom is -0.315 e. The first kappa shape index (κ1) is 11.1. The van der Waals surface area contributed by atoms with Gasteiger partial charge in [-0.2, -0.15) is 0 Å². The van der Waals surface area contributed by atoms with Gasteiger partial charge in [-0.25, -0.2) is 0 Å². The average molecular weight is 269 g/mol. The SMILES string of the molecule is CC1(NCc2cccc(Br)c2)CCNC1. The molecule has 0 radical (unpaired) electrons. The summed E-state index contributed by atoms with van der Waals surface area (Å²) in [5, 5.41) is 7.01. The topological polar surface area (TPSA) is 24.1 Å².